The summed E-state index contributed by atoms with van der Waals surface area (Å²) in [6.45, 7) is 2.19. The van der Waals surface area contributed by atoms with E-state index in [1.807, 2.05) is 36.4 Å². The average Bonchev–Trinajstić information content (AvgIpc) is 3.38. The number of fused-ring (bicyclic) bond motifs is 1. The topological polar surface area (TPSA) is 70.6 Å². The van der Waals surface area contributed by atoms with Crippen LogP contribution in [-0.4, -0.2) is 31.6 Å². The van der Waals surface area contributed by atoms with E-state index in [1.165, 1.54) is 27.3 Å². The highest BCUT2D eigenvalue weighted by Gasteiger charge is 2.11. The second kappa shape index (κ2) is 12.2. The van der Waals surface area contributed by atoms with Crippen LogP contribution in [0.1, 0.15) is 22.3 Å². The molecule has 0 bridgehead atoms. The molecule has 6 heteroatoms. The minimum Gasteiger partial charge on any atom is -0.506 e. The first kappa shape index (κ1) is 24.5. The van der Waals surface area contributed by atoms with Crippen LogP contribution >= 0.6 is 11.3 Å². The molecule has 0 radical (unpaired) electrons. The number of thiophene rings is 1. The highest BCUT2D eigenvalue weighted by Crippen LogP contribution is 2.32. The van der Waals surface area contributed by atoms with Crippen LogP contribution in [0.2, 0.25) is 0 Å². The first-order chi connectivity index (χ1) is 17.2. The van der Waals surface area contributed by atoms with E-state index >= 15 is 0 Å². The number of hydrogen-bond acceptors (Lipinski definition) is 6. The molecule has 0 spiro atoms. The molecule has 0 atom stereocenters. The maximum Gasteiger partial charge on any atom is 0.142 e. The number of carbonyl (C=O) groups is 1. The number of aldehydes is 1. The van der Waals surface area contributed by atoms with Gasteiger partial charge in [-0.1, -0.05) is 36.4 Å². The van der Waals surface area contributed by atoms with Gasteiger partial charge in [-0.25, -0.2) is 0 Å². The SMILES string of the molecule is CNc1c(O)ccc(CCNCc2ccc(CCOc3ccccc3)c3sccc23)c1/C=C\C=O. The maximum absolute atomic E-state index is 10.8. The predicted octanol–water partition coefficient (Wildman–Crippen LogP) is 5.81. The lowest BCUT2D eigenvalue weighted by Gasteiger charge is -2.14. The van der Waals surface area contributed by atoms with Crippen molar-refractivity contribution < 1.29 is 14.6 Å². The van der Waals surface area contributed by atoms with Crippen LogP contribution in [0.5, 0.6) is 11.5 Å². The van der Waals surface area contributed by atoms with Gasteiger partial charge in [0.05, 0.1) is 12.3 Å². The van der Waals surface area contributed by atoms with Crippen LogP contribution in [0.3, 0.4) is 0 Å². The van der Waals surface area contributed by atoms with Crippen LogP contribution in [0.25, 0.3) is 16.2 Å². The summed E-state index contributed by atoms with van der Waals surface area (Å²) < 4.78 is 7.21. The third-order valence-electron chi connectivity index (χ3n) is 5.96. The summed E-state index contributed by atoms with van der Waals surface area (Å²) in [5.41, 5.74) is 5.12. The van der Waals surface area contributed by atoms with Crippen molar-refractivity contribution in [2.75, 3.05) is 25.5 Å². The Morgan fingerprint density at radius 3 is 2.57 bits per heavy atom. The Hall–Kier alpha value is -3.61. The van der Waals surface area contributed by atoms with E-state index in [9.17, 15) is 9.90 Å². The van der Waals surface area contributed by atoms with Crippen LogP contribution in [0.4, 0.5) is 5.69 Å². The molecule has 3 N–H and O–H groups in total. The molecule has 0 unspecified atom stereocenters. The Kier molecular flexibility index (Phi) is 8.54. The van der Waals surface area contributed by atoms with Crippen molar-refractivity contribution >= 4 is 39.5 Å². The van der Waals surface area contributed by atoms with Crippen molar-refractivity contribution in [3.8, 4) is 11.5 Å². The van der Waals surface area contributed by atoms with Crippen molar-refractivity contribution in [3.05, 3.63) is 94.4 Å². The molecule has 4 aromatic rings. The second-order valence-electron chi connectivity index (χ2n) is 8.16. The Morgan fingerprint density at radius 2 is 1.77 bits per heavy atom. The minimum absolute atomic E-state index is 0.170. The summed E-state index contributed by atoms with van der Waals surface area (Å²) in [4.78, 5) is 10.8. The number of anilines is 1. The number of carbonyl (C=O) groups excluding carboxylic acids is 1. The van der Waals surface area contributed by atoms with Gasteiger partial charge in [-0.05, 0) is 76.8 Å². The number of phenols is 1. The van der Waals surface area contributed by atoms with Crippen LogP contribution in [-0.2, 0) is 24.2 Å². The van der Waals surface area contributed by atoms with Crippen LogP contribution in [0.15, 0.2) is 72.1 Å². The van der Waals surface area contributed by atoms with Gasteiger partial charge in [0.15, 0.2) is 0 Å². The number of rotatable bonds is 12. The molecule has 1 aromatic heterocycles. The van der Waals surface area contributed by atoms with Crippen molar-refractivity contribution in [1.82, 2.24) is 5.32 Å². The summed E-state index contributed by atoms with van der Waals surface area (Å²) in [7, 11) is 1.76. The molecule has 0 fully saturated rings. The number of para-hydroxylation sites is 1. The summed E-state index contributed by atoms with van der Waals surface area (Å²) in [6, 6.07) is 20.1. The normalized spacial score (nSPS) is 11.2. The summed E-state index contributed by atoms with van der Waals surface area (Å²) in [5.74, 6) is 1.07. The Labute approximate surface area is 210 Å². The van der Waals surface area contributed by atoms with Gasteiger partial charge in [0.2, 0.25) is 0 Å². The minimum atomic E-state index is 0.170. The summed E-state index contributed by atoms with van der Waals surface area (Å²) in [5, 5.41) is 20.2. The molecule has 3 aromatic carbocycles. The highest BCUT2D eigenvalue weighted by molar-refractivity contribution is 7.17. The van der Waals surface area contributed by atoms with E-state index in [-0.39, 0.29) is 5.75 Å². The summed E-state index contributed by atoms with van der Waals surface area (Å²) >= 11 is 1.78. The fourth-order valence-electron chi connectivity index (χ4n) is 4.23. The van der Waals surface area contributed by atoms with E-state index in [4.69, 9.17) is 4.74 Å². The zero-order chi connectivity index (χ0) is 24.5. The van der Waals surface area contributed by atoms with E-state index in [2.05, 4.69) is 34.2 Å². The van der Waals surface area contributed by atoms with Crippen molar-refractivity contribution in [2.24, 2.45) is 0 Å². The third kappa shape index (κ3) is 6.10. The number of benzene rings is 3. The maximum atomic E-state index is 10.8. The first-order valence-electron chi connectivity index (χ1n) is 11.7. The van der Waals surface area contributed by atoms with E-state index in [0.29, 0.717) is 12.3 Å². The zero-order valence-electron chi connectivity index (χ0n) is 19.8. The second-order valence-corrected chi connectivity index (χ2v) is 9.08. The van der Waals surface area contributed by atoms with E-state index in [1.54, 1.807) is 30.5 Å². The molecule has 0 saturated carbocycles. The number of hydrogen-bond donors (Lipinski definition) is 3. The van der Waals surface area contributed by atoms with Gasteiger partial charge in [-0.2, -0.15) is 0 Å². The predicted molar refractivity (Wildman–Crippen MR) is 146 cm³/mol. The highest BCUT2D eigenvalue weighted by atomic mass is 32.1. The standard InChI is InChI=1S/C29H30N2O3S/c1-30-28-25(8-5-17-32)21(11-12-27(28)33)13-16-31-20-23-10-9-22(29-26(23)15-19-35-29)14-18-34-24-6-3-2-4-7-24/h2-12,15,17,19,30-31,33H,13-14,16,18,20H2,1H3/b8-5-. The largest absolute Gasteiger partial charge is 0.506 e. The lowest BCUT2D eigenvalue weighted by Crippen LogP contribution is -2.17. The number of phenolic OH excluding ortho intramolecular Hbond substituents is 1. The van der Waals surface area contributed by atoms with Crippen molar-refractivity contribution in [3.63, 3.8) is 0 Å². The molecule has 180 valence electrons. The van der Waals surface area contributed by atoms with Gasteiger partial charge in [0.25, 0.3) is 0 Å². The molecule has 0 aliphatic carbocycles. The molecule has 35 heavy (non-hydrogen) atoms. The quantitative estimate of drug-likeness (QED) is 0.102. The van der Waals surface area contributed by atoms with Crippen molar-refractivity contribution in [2.45, 2.75) is 19.4 Å². The zero-order valence-corrected chi connectivity index (χ0v) is 20.6. The third-order valence-corrected chi connectivity index (χ3v) is 6.95. The molecular formula is C29H30N2O3S. The monoisotopic (exact) mass is 486 g/mol. The van der Waals surface area contributed by atoms with Gasteiger partial charge in [0.1, 0.15) is 17.8 Å². The Bertz CT molecular complexity index is 1300. The van der Waals surface area contributed by atoms with E-state index in [0.717, 1.165) is 49.1 Å². The lowest BCUT2D eigenvalue weighted by atomic mass is 10.0. The van der Waals surface area contributed by atoms with Gasteiger partial charge in [-0.15, -0.1) is 11.3 Å². The number of allylic oxidation sites excluding steroid dienone is 1. The molecule has 4 rings (SSSR count). The fraction of sp³-hybridized carbons (Fsp3) is 0.207. The van der Waals surface area contributed by atoms with Gasteiger partial charge >= 0.3 is 0 Å². The summed E-state index contributed by atoms with van der Waals surface area (Å²) in [6.07, 6.45) is 5.57. The average molecular weight is 487 g/mol. The number of ether oxygens (including phenoxy) is 1. The molecule has 1 heterocycles. The molecular weight excluding hydrogens is 456 g/mol. The van der Waals surface area contributed by atoms with E-state index < -0.39 is 0 Å². The Balaban J connectivity index is 1.37. The first-order valence-corrected chi connectivity index (χ1v) is 12.6. The van der Waals surface area contributed by atoms with Crippen LogP contribution < -0.4 is 15.4 Å². The van der Waals surface area contributed by atoms with Crippen molar-refractivity contribution in [1.29, 1.82) is 0 Å². The van der Waals surface area contributed by atoms with Gasteiger partial charge in [0, 0.05) is 30.3 Å². The molecule has 0 aliphatic heterocycles. The van der Waals surface area contributed by atoms with Gasteiger partial charge < -0.3 is 20.5 Å². The fourth-order valence-corrected chi connectivity index (χ4v) is 5.22. The smallest absolute Gasteiger partial charge is 0.142 e. The number of nitrogens with one attached hydrogen (secondary N) is 2. The Morgan fingerprint density at radius 1 is 0.971 bits per heavy atom. The van der Waals surface area contributed by atoms with Crippen LogP contribution in [0, 0.1) is 0 Å². The molecule has 0 aliphatic rings. The molecule has 5 nitrogen and oxygen atoms in total. The van der Waals surface area contributed by atoms with Gasteiger partial charge in [-0.3, -0.25) is 4.79 Å². The lowest BCUT2D eigenvalue weighted by molar-refractivity contribution is -0.104. The molecule has 0 saturated heterocycles. The number of aromatic hydroxyl groups is 1. The molecule has 0 amide bonds.